The Hall–Kier alpha value is -2.81. The Labute approximate surface area is 266 Å². The molecule has 2 aliphatic heterocycles. The van der Waals surface area contributed by atoms with Gasteiger partial charge in [-0.15, -0.1) is 6.58 Å². The summed E-state index contributed by atoms with van der Waals surface area (Å²) in [7, 11) is -3.95. The Morgan fingerprint density at radius 2 is 2.02 bits per heavy atom. The number of sulfonamides is 1. The highest BCUT2D eigenvalue weighted by atomic mass is 35.5. The Kier molecular flexibility index (Phi) is 8.39. The van der Waals surface area contributed by atoms with Gasteiger partial charge in [0.15, 0.2) is 0 Å². The van der Waals surface area contributed by atoms with E-state index in [2.05, 4.69) is 28.3 Å². The first-order valence-electron chi connectivity index (χ1n) is 15.8. The average Bonchev–Trinajstić information content (AvgIpc) is 3.11. The fraction of sp³-hybridized carbons (Fsp3) is 0.514. The van der Waals surface area contributed by atoms with Crippen LogP contribution >= 0.6 is 11.6 Å². The highest BCUT2D eigenvalue weighted by molar-refractivity contribution is 7.90. The predicted octanol–water partition coefficient (Wildman–Crippen LogP) is 6.19. The predicted molar refractivity (Wildman–Crippen MR) is 175 cm³/mol. The molecule has 2 heterocycles. The molecule has 2 aliphatic carbocycles. The fourth-order valence-electron chi connectivity index (χ4n) is 7.82. The molecule has 1 spiro atoms. The molecule has 2 N–H and O–H groups in total. The zero-order valence-electron chi connectivity index (χ0n) is 25.6. The first kappa shape index (κ1) is 31.2. The molecule has 44 heavy (non-hydrogen) atoms. The molecule has 0 aromatic heterocycles. The van der Waals surface area contributed by atoms with Crippen LogP contribution in [0.5, 0.6) is 5.75 Å². The number of hydrogen-bond donors (Lipinski definition) is 2. The van der Waals surface area contributed by atoms with Gasteiger partial charge >= 0.3 is 0 Å². The van der Waals surface area contributed by atoms with Gasteiger partial charge in [-0.05, 0) is 111 Å². The van der Waals surface area contributed by atoms with Crippen LogP contribution in [0.4, 0.5) is 5.69 Å². The van der Waals surface area contributed by atoms with Gasteiger partial charge in [0.05, 0.1) is 23.1 Å². The topological polar surface area (TPSA) is 95.9 Å². The smallest absolute Gasteiger partial charge is 0.264 e. The number of ether oxygens (including phenoxy) is 1. The number of carbonyl (C=O) groups excluding carboxylic acids is 1. The standard InChI is InChI=1S/C35H43ClN2O5S/c1-4-15-35(40)17-5-7-23(2)24(3)44(41,42)37-33(39)26-10-14-32-31(19-26)38(20-27-9-12-30(27)35)21-34(22-43-32)16-6-8-25-18-28(36)11-13-29(25)34/h4-5,10-11,13-14,17-19,23-24,27,30,40H,1,6-9,12,15-16,20-22H2,2-3H3,(H,37,39)/b17-5+/t23-,24+,27-,30+,34-,35-/m0/s1. The number of nitrogens with zero attached hydrogens (tertiary/aromatic N) is 1. The zero-order valence-corrected chi connectivity index (χ0v) is 27.2. The second-order valence-corrected chi connectivity index (χ2v) is 16.0. The van der Waals surface area contributed by atoms with Crippen LogP contribution in [0.25, 0.3) is 0 Å². The van der Waals surface area contributed by atoms with E-state index in [1.165, 1.54) is 11.1 Å². The summed E-state index contributed by atoms with van der Waals surface area (Å²) in [6, 6.07) is 11.4. The van der Waals surface area contributed by atoms with Gasteiger partial charge in [-0.3, -0.25) is 4.79 Å². The molecular weight excluding hydrogens is 596 g/mol. The fourth-order valence-corrected chi connectivity index (χ4v) is 9.30. The van der Waals surface area contributed by atoms with Crippen molar-refractivity contribution in [2.75, 3.05) is 24.6 Å². The first-order valence-corrected chi connectivity index (χ1v) is 17.7. The third-order valence-electron chi connectivity index (χ3n) is 10.7. The Balaban J connectivity index is 1.45. The Morgan fingerprint density at radius 3 is 2.77 bits per heavy atom. The minimum absolute atomic E-state index is 0.0219. The quantitative estimate of drug-likeness (QED) is 0.381. The van der Waals surface area contributed by atoms with Crippen LogP contribution in [0, 0.1) is 17.8 Å². The summed E-state index contributed by atoms with van der Waals surface area (Å²) >= 11 is 6.41. The summed E-state index contributed by atoms with van der Waals surface area (Å²) < 4.78 is 35.4. The lowest BCUT2D eigenvalue weighted by molar-refractivity contribution is -0.0428. The molecule has 7 nitrogen and oxygen atoms in total. The molecule has 0 radical (unpaired) electrons. The number of anilines is 1. The Morgan fingerprint density at radius 1 is 1.20 bits per heavy atom. The molecule has 0 saturated heterocycles. The number of nitrogens with one attached hydrogen (secondary N) is 1. The number of aliphatic hydroxyl groups is 1. The number of fused-ring (bicyclic) bond motifs is 4. The maximum atomic E-state index is 13.4. The number of amides is 1. The highest BCUT2D eigenvalue weighted by Crippen LogP contribution is 2.49. The van der Waals surface area contributed by atoms with Gasteiger partial charge in [0.25, 0.3) is 5.91 Å². The van der Waals surface area contributed by atoms with Gasteiger partial charge in [0, 0.05) is 29.1 Å². The van der Waals surface area contributed by atoms with Crippen LogP contribution in [-0.4, -0.2) is 50.0 Å². The SMILES string of the molecule is C=CC[C@]1(O)/C=C/C[C@H](C)[C@@H](C)S(=O)(=O)NC(=O)c2ccc3c(c2)N(C[C@@H]2CC[C@H]21)C[C@@]1(CCCc2cc(Cl)ccc21)CO3. The number of carbonyl (C=O) groups is 1. The lowest BCUT2D eigenvalue weighted by atomic mass is 9.63. The van der Waals surface area contributed by atoms with Crippen molar-refractivity contribution < 1.29 is 23.1 Å². The minimum Gasteiger partial charge on any atom is -0.490 e. The average molecular weight is 639 g/mol. The molecule has 0 unspecified atom stereocenters. The molecule has 6 atom stereocenters. The van der Waals surface area contributed by atoms with Gasteiger partial charge in [-0.25, -0.2) is 13.1 Å². The Bertz CT molecular complexity index is 1590. The third kappa shape index (κ3) is 5.69. The van der Waals surface area contributed by atoms with Crippen molar-refractivity contribution in [2.45, 2.75) is 75.1 Å². The van der Waals surface area contributed by atoms with E-state index in [4.69, 9.17) is 16.3 Å². The number of benzene rings is 2. The minimum atomic E-state index is -3.95. The molecule has 1 amide bonds. The van der Waals surface area contributed by atoms with E-state index < -0.39 is 26.8 Å². The van der Waals surface area contributed by atoms with E-state index in [-0.39, 0.29) is 28.7 Å². The van der Waals surface area contributed by atoms with Crippen molar-refractivity contribution in [1.82, 2.24) is 4.72 Å². The van der Waals surface area contributed by atoms with Crippen molar-refractivity contribution in [1.29, 1.82) is 0 Å². The number of hydrogen-bond acceptors (Lipinski definition) is 6. The van der Waals surface area contributed by atoms with Crippen molar-refractivity contribution >= 4 is 33.2 Å². The lowest BCUT2D eigenvalue weighted by Gasteiger charge is -2.49. The van der Waals surface area contributed by atoms with E-state index in [0.717, 1.165) is 42.8 Å². The van der Waals surface area contributed by atoms with Crippen molar-refractivity contribution in [3.05, 3.63) is 82.9 Å². The molecule has 4 aliphatic rings. The van der Waals surface area contributed by atoms with Crippen LogP contribution in [0.3, 0.4) is 0 Å². The van der Waals surface area contributed by atoms with E-state index in [9.17, 15) is 18.3 Å². The highest BCUT2D eigenvalue weighted by Gasteiger charge is 2.47. The van der Waals surface area contributed by atoms with Crippen LogP contribution in [0.1, 0.15) is 73.9 Å². The maximum Gasteiger partial charge on any atom is 0.264 e. The summed E-state index contributed by atoms with van der Waals surface area (Å²) in [5.74, 6) is -0.0119. The summed E-state index contributed by atoms with van der Waals surface area (Å²) in [5, 5.41) is 11.9. The zero-order chi connectivity index (χ0) is 31.3. The van der Waals surface area contributed by atoms with Crippen LogP contribution in [-0.2, 0) is 21.9 Å². The number of aryl methyl sites for hydroxylation is 1. The van der Waals surface area contributed by atoms with Crippen molar-refractivity contribution in [2.24, 2.45) is 17.8 Å². The molecule has 6 rings (SSSR count). The molecule has 2 aromatic carbocycles. The molecule has 2 bridgehead atoms. The van der Waals surface area contributed by atoms with E-state index >= 15 is 0 Å². The van der Waals surface area contributed by atoms with Gasteiger partial charge < -0.3 is 14.7 Å². The summed E-state index contributed by atoms with van der Waals surface area (Å²) in [6.07, 6.45) is 11.2. The van der Waals surface area contributed by atoms with Crippen molar-refractivity contribution in [3.63, 3.8) is 0 Å². The van der Waals surface area contributed by atoms with Crippen LogP contribution in [0.15, 0.2) is 61.2 Å². The molecule has 9 heteroatoms. The molecule has 1 saturated carbocycles. The van der Waals surface area contributed by atoms with Gasteiger partial charge in [0.1, 0.15) is 5.75 Å². The van der Waals surface area contributed by atoms with Crippen LogP contribution < -0.4 is 14.4 Å². The largest absolute Gasteiger partial charge is 0.490 e. The normalized spacial score (nSPS) is 33.9. The van der Waals surface area contributed by atoms with Crippen molar-refractivity contribution in [3.8, 4) is 5.75 Å². The third-order valence-corrected chi connectivity index (χ3v) is 12.9. The first-order chi connectivity index (χ1) is 20.9. The monoisotopic (exact) mass is 638 g/mol. The van der Waals surface area contributed by atoms with Gasteiger partial charge in [0.2, 0.25) is 10.0 Å². The maximum absolute atomic E-state index is 13.4. The van der Waals surface area contributed by atoms with E-state index in [1.54, 1.807) is 31.2 Å². The summed E-state index contributed by atoms with van der Waals surface area (Å²) in [6.45, 7) is 9.24. The second-order valence-electron chi connectivity index (χ2n) is 13.5. The lowest BCUT2D eigenvalue weighted by Crippen LogP contribution is -2.52. The number of halogens is 1. The van der Waals surface area contributed by atoms with Crippen LogP contribution in [0.2, 0.25) is 5.02 Å². The summed E-state index contributed by atoms with van der Waals surface area (Å²) in [4.78, 5) is 15.7. The van der Waals surface area contributed by atoms with E-state index in [1.807, 2.05) is 25.1 Å². The second kappa shape index (κ2) is 11.8. The molecule has 2 aromatic rings. The van der Waals surface area contributed by atoms with Gasteiger partial charge in [-0.2, -0.15) is 0 Å². The number of allylic oxidation sites excluding steroid dienone is 1. The molecule has 1 fully saturated rings. The number of rotatable bonds is 2. The molecule has 236 valence electrons. The molecular formula is C35H43ClN2O5S. The van der Waals surface area contributed by atoms with Gasteiger partial charge in [-0.1, -0.05) is 42.8 Å². The van der Waals surface area contributed by atoms with E-state index in [0.29, 0.717) is 38.3 Å². The summed E-state index contributed by atoms with van der Waals surface area (Å²) in [5.41, 5.74) is 2.18.